The largest absolute Gasteiger partial charge is 0.338 e. The molecule has 1 saturated heterocycles. The number of carbonyl (C=O) groups excluding carboxylic acids is 1. The number of hydrogen-bond donors (Lipinski definition) is 1. The molecule has 23 heavy (non-hydrogen) atoms. The third-order valence-corrected chi connectivity index (χ3v) is 4.45. The average Bonchev–Trinajstić information content (AvgIpc) is 3.03. The molecule has 1 N–H and O–H groups in total. The van der Waals surface area contributed by atoms with Crippen LogP contribution in [0.1, 0.15) is 47.6 Å². The Labute approximate surface area is 135 Å². The number of aryl methyl sites for hydroxylation is 2. The molecule has 1 aliphatic heterocycles. The van der Waals surface area contributed by atoms with Crippen LogP contribution in [0, 0.1) is 6.92 Å². The molecule has 0 saturated carbocycles. The van der Waals surface area contributed by atoms with E-state index in [0.717, 1.165) is 30.9 Å². The number of nitrogens with zero attached hydrogens (tertiary/aromatic N) is 3. The highest BCUT2D eigenvalue weighted by Crippen LogP contribution is 2.26. The predicted molar refractivity (Wildman–Crippen MR) is 87.6 cm³/mol. The van der Waals surface area contributed by atoms with E-state index in [1.54, 1.807) is 24.0 Å². The molecule has 0 unspecified atom stereocenters. The van der Waals surface area contributed by atoms with Crippen LogP contribution >= 0.6 is 0 Å². The second kappa shape index (κ2) is 6.40. The summed E-state index contributed by atoms with van der Waals surface area (Å²) < 4.78 is 2.12. The summed E-state index contributed by atoms with van der Waals surface area (Å²) in [5, 5.41) is 0. The fraction of sp³-hybridized carbons (Fsp3) is 0.471. The summed E-state index contributed by atoms with van der Waals surface area (Å²) in [6, 6.07) is 3.38. The molecule has 2 aromatic heterocycles. The molecule has 3 heterocycles. The number of aromatic amines is 1. The molecular formula is C17H22N4O2. The number of hydrogen-bond acceptors (Lipinski definition) is 3. The summed E-state index contributed by atoms with van der Waals surface area (Å²) in [4.78, 5) is 33.6. The van der Waals surface area contributed by atoms with Gasteiger partial charge in [-0.25, -0.2) is 4.98 Å². The molecule has 1 aliphatic rings. The van der Waals surface area contributed by atoms with Gasteiger partial charge in [0.25, 0.3) is 11.5 Å². The van der Waals surface area contributed by atoms with Gasteiger partial charge in [-0.3, -0.25) is 9.59 Å². The molecule has 3 rings (SSSR count). The van der Waals surface area contributed by atoms with Crippen LogP contribution in [0.4, 0.5) is 0 Å². The summed E-state index contributed by atoms with van der Waals surface area (Å²) in [5.41, 5.74) is 0.662. The first kappa shape index (κ1) is 15.5. The van der Waals surface area contributed by atoms with Crippen molar-refractivity contribution in [1.82, 2.24) is 19.4 Å². The number of piperidine rings is 1. The van der Waals surface area contributed by atoms with Crippen LogP contribution < -0.4 is 5.56 Å². The van der Waals surface area contributed by atoms with E-state index in [0.29, 0.717) is 13.1 Å². The minimum atomic E-state index is -0.313. The molecule has 1 amide bonds. The highest BCUT2D eigenvalue weighted by Gasteiger charge is 2.28. The van der Waals surface area contributed by atoms with E-state index in [4.69, 9.17) is 0 Å². The van der Waals surface area contributed by atoms with Crippen LogP contribution in [0.3, 0.4) is 0 Å². The van der Waals surface area contributed by atoms with Gasteiger partial charge in [-0.05, 0) is 38.8 Å². The fourth-order valence-electron chi connectivity index (χ4n) is 3.23. The lowest BCUT2D eigenvalue weighted by Crippen LogP contribution is -2.41. The minimum Gasteiger partial charge on any atom is -0.338 e. The number of imidazole rings is 1. The lowest BCUT2D eigenvalue weighted by atomic mass is 9.96. The Bertz CT molecular complexity index is 762. The maximum absolute atomic E-state index is 12.7. The van der Waals surface area contributed by atoms with E-state index in [1.807, 2.05) is 12.4 Å². The van der Waals surface area contributed by atoms with Gasteiger partial charge in [0.05, 0.1) is 0 Å². The highest BCUT2D eigenvalue weighted by molar-refractivity contribution is 5.93. The van der Waals surface area contributed by atoms with Gasteiger partial charge in [-0.2, -0.15) is 0 Å². The second-order valence-electron chi connectivity index (χ2n) is 6.05. The van der Waals surface area contributed by atoms with Gasteiger partial charge >= 0.3 is 0 Å². The van der Waals surface area contributed by atoms with Crippen molar-refractivity contribution in [3.63, 3.8) is 0 Å². The Morgan fingerprint density at radius 2 is 2.26 bits per heavy atom. The molecule has 0 aromatic carbocycles. The van der Waals surface area contributed by atoms with Crippen molar-refractivity contribution in [3.8, 4) is 0 Å². The first-order valence-electron chi connectivity index (χ1n) is 8.10. The molecule has 1 fully saturated rings. The molecule has 1 atom stereocenters. The maximum atomic E-state index is 12.7. The predicted octanol–water partition coefficient (Wildman–Crippen LogP) is 1.92. The van der Waals surface area contributed by atoms with Gasteiger partial charge in [0, 0.05) is 43.6 Å². The molecule has 0 spiro atoms. The van der Waals surface area contributed by atoms with Crippen LogP contribution in [0.15, 0.2) is 29.3 Å². The van der Waals surface area contributed by atoms with E-state index in [1.165, 1.54) is 0 Å². The number of pyridine rings is 1. The minimum absolute atomic E-state index is 0.189. The molecular weight excluding hydrogens is 292 g/mol. The maximum Gasteiger partial charge on any atom is 0.260 e. The zero-order valence-corrected chi connectivity index (χ0v) is 13.6. The zero-order chi connectivity index (χ0) is 16.4. The third kappa shape index (κ3) is 3.06. The summed E-state index contributed by atoms with van der Waals surface area (Å²) in [6.45, 7) is 6.07. The molecule has 0 bridgehead atoms. The molecule has 2 aromatic rings. The Balaban J connectivity index is 1.81. The van der Waals surface area contributed by atoms with Crippen molar-refractivity contribution in [2.24, 2.45) is 0 Å². The molecule has 122 valence electrons. The summed E-state index contributed by atoms with van der Waals surface area (Å²) in [5.74, 6) is 1.07. The van der Waals surface area contributed by atoms with Gasteiger partial charge in [0.1, 0.15) is 11.4 Å². The van der Waals surface area contributed by atoms with E-state index in [2.05, 4.69) is 21.5 Å². The molecule has 6 nitrogen and oxygen atoms in total. The van der Waals surface area contributed by atoms with Crippen molar-refractivity contribution >= 4 is 5.91 Å². The van der Waals surface area contributed by atoms with Gasteiger partial charge in [0.15, 0.2) is 0 Å². The summed E-state index contributed by atoms with van der Waals surface area (Å²) in [6.07, 6.45) is 5.73. The Hall–Kier alpha value is -2.37. The number of amides is 1. The van der Waals surface area contributed by atoms with Crippen LogP contribution in [-0.2, 0) is 6.54 Å². The standard InChI is InChI=1S/C17H22N4O2/c1-3-20-10-8-18-15(20)13-5-4-9-21(11-13)17(23)14-7-6-12(2)19-16(14)22/h6-8,10,13H,3-5,9,11H2,1-2H3,(H,19,22)/t13-/m1/s1. The van der Waals surface area contributed by atoms with Crippen LogP contribution in [0.25, 0.3) is 0 Å². The Morgan fingerprint density at radius 3 is 3.00 bits per heavy atom. The van der Waals surface area contributed by atoms with Crippen molar-refractivity contribution in [3.05, 3.63) is 52.0 Å². The summed E-state index contributed by atoms with van der Waals surface area (Å²) >= 11 is 0. The van der Waals surface area contributed by atoms with E-state index >= 15 is 0 Å². The van der Waals surface area contributed by atoms with E-state index in [-0.39, 0.29) is 22.9 Å². The van der Waals surface area contributed by atoms with Gasteiger partial charge < -0.3 is 14.5 Å². The molecule has 0 aliphatic carbocycles. The van der Waals surface area contributed by atoms with Gasteiger partial charge in [0.2, 0.25) is 0 Å². The fourth-order valence-corrected chi connectivity index (χ4v) is 3.23. The van der Waals surface area contributed by atoms with Crippen molar-refractivity contribution in [2.45, 2.75) is 39.2 Å². The second-order valence-corrected chi connectivity index (χ2v) is 6.05. The Kier molecular flexibility index (Phi) is 4.32. The van der Waals surface area contributed by atoms with Crippen molar-refractivity contribution < 1.29 is 4.79 Å². The normalized spacial score (nSPS) is 18.2. The Morgan fingerprint density at radius 1 is 1.43 bits per heavy atom. The van der Waals surface area contributed by atoms with Crippen LogP contribution in [-0.4, -0.2) is 38.4 Å². The zero-order valence-electron chi connectivity index (χ0n) is 13.6. The number of H-pyrrole nitrogens is 1. The topological polar surface area (TPSA) is 71.0 Å². The quantitative estimate of drug-likeness (QED) is 0.941. The molecule has 6 heteroatoms. The van der Waals surface area contributed by atoms with E-state index < -0.39 is 0 Å². The number of aromatic nitrogens is 3. The summed E-state index contributed by atoms with van der Waals surface area (Å²) in [7, 11) is 0. The van der Waals surface area contributed by atoms with Crippen LogP contribution in [0.5, 0.6) is 0 Å². The number of carbonyl (C=O) groups is 1. The smallest absolute Gasteiger partial charge is 0.260 e. The average molecular weight is 314 g/mol. The lowest BCUT2D eigenvalue weighted by Gasteiger charge is -2.32. The first-order chi connectivity index (χ1) is 11.1. The number of rotatable bonds is 3. The SMILES string of the molecule is CCn1ccnc1[C@@H]1CCCN(C(=O)c2ccc(C)[nH]c2=O)C1. The number of nitrogens with one attached hydrogen (secondary N) is 1. The van der Waals surface area contributed by atoms with Gasteiger partial charge in [-0.15, -0.1) is 0 Å². The highest BCUT2D eigenvalue weighted by atomic mass is 16.2. The van der Waals surface area contributed by atoms with E-state index in [9.17, 15) is 9.59 Å². The number of likely N-dealkylation sites (tertiary alicyclic amines) is 1. The van der Waals surface area contributed by atoms with Crippen molar-refractivity contribution in [1.29, 1.82) is 0 Å². The van der Waals surface area contributed by atoms with Crippen molar-refractivity contribution in [2.75, 3.05) is 13.1 Å². The third-order valence-electron chi connectivity index (χ3n) is 4.45. The van der Waals surface area contributed by atoms with Crippen LogP contribution in [0.2, 0.25) is 0 Å². The molecule has 0 radical (unpaired) electrons. The lowest BCUT2D eigenvalue weighted by molar-refractivity contribution is 0.0701. The first-order valence-corrected chi connectivity index (χ1v) is 8.10. The van der Waals surface area contributed by atoms with Gasteiger partial charge in [-0.1, -0.05) is 0 Å². The monoisotopic (exact) mass is 314 g/mol.